The van der Waals surface area contributed by atoms with Crippen LogP contribution in [0.4, 0.5) is 0 Å². The summed E-state index contributed by atoms with van der Waals surface area (Å²) in [6.45, 7) is 2.02. The van der Waals surface area contributed by atoms with E-state index < -0.39 is 0 Å². The minimum Gasteiger partial charge on any atom is -0.221 e. The summed E-state index contributed by atoms with van der Waals surface area (Å²) in [5.74, 6) is 0. The van der Waals surface area contributed by atoms with Crippen LogP contribution in [-0.2, 0) is 9.88 Å². The number of halogens is 1. The molecule has 0 radical (unpaired) electrons. The van der Waals surface area contributed by atoms with Crippen LogP contribution in [0.3, 0.4) is 0 Å². The lowest BCUT2D eigenvalue weighted by Gasteiger charge is -2.22. The molecule has 0 aromatic rings. The van der Waals surface area contributed by atoms with Crippen molar-refractivity contribution in [3.05, 3.63) is 0 Å². The third-order valence-corrected chi connectivity index (χ3v) is 1.49. The normalized spacial score (nSPS) is 20.1. The van der Waals surface area contributed by atoms with Crippen LogP contribution in [0.15, 0.2) is 0 Å². The molecule has 0 bridgehead atoms. The van der Waals surface area contributed by atoms with E-state index in [1.807, 2.05) is 5.06 Å². The highest BCUT2D eigenvalue weighted by Gasteiger charge is 2.09. The molecule has 1 fully saturated rings. The van der Waals surface area contributed by atoms with Crippen molar-refractivity contribution >= 4 is 12.4 Å². The van der Waals surface area contributed by atoms with E-state index in [9.17, 15) is 0 Å². The summed E-state index contributed by atoms with van der Waals surface area (Å²) in [4.78, 5) is 9.32. The number of hydrogen-bond acceptors (Lipinski definition) is 3. The Bertz CT molecular complexity index is 73.4. The lowest BCUT2D eigenvalue weighted by atomic mass is 10.2. The SMILES string of the molecule is COON1CCCCC1.Cl. The Balaban J connectivity index is 0.000000810. The van der Waals surface area contributed by atoms with Gasteiger partial charge in [-0.15, -0.1) is 17.4 Å². The second-order valence-corrected chi connectivity index (χ2v) is 2.23. The van der Waals surface area contributed by atoms with Gasteiger partial charge in [-0.2, -0.15) is 5.06 Å². The van der Waals surface area contributed by atoms with E-state index in [-0.39, 0.29) is 12.4 Å². The zero-order valence-electron chi connectivity index (χ0n) is 6.21. The van der Waals surface area contributed by atoms with Gasteiger partial charge in [-0.1, -0.05) is 6.42 Å². The monoisotopic (exact) mass is 167 g/mol. The molecule has 1 aliphatic heterocycles. The molecular formula is C6H14ClNO2. The van der Waals surface area contributed by atoms with E-state index in [0.717, 1.165) is 13.1 Å². The maximum Gasteiger partial charge on any atom is 0.0733 e. The second-order valence-electron chi connectivity index (χ2n) is 2.23. The predicted octanol–water partition coefficient (Wildman–Crippen LogP) is 1.39. The Morgan fingerprint density at radius 3 is 2.20 bits per heavy atom. The number of piperidine rings is 1. The van der Waals surface area contributed by atoms with Crippen molar-refractivity contribution in [2.75, 3.05) is 20.2 Å². The van der Waals surface area contributed by atoms with Crippen molar-refractivity contribution < 1.29 is 9.88 Å². The fraction of sp³-hybridized carbons (Fsp3) is 1.00. The first-order valence-electron chi connectivity index (χ1n) is 3.39. The molecule has 10 heavy (non-hydrogen) atoms. The van der Waals surface area contributed by atoms with Crippen LogP contribution in [0.25, 0.3) is 0 Å². The van der Waals surface area contributed by atoms with Gasteiger partial charge in [0.25, 0.3) is 0 Å². The summed E-state index contributed by atoms with van der Waals surface area (Å²) in [6, 6.07) is 0. The van der Waals surface area contributed by atoms with Crippen LogP contribution < -0.4 is 0 Å². The van der Waals surface area contributed by atoms with Gasteiger partial charge in [-0.05, 0) is 12.8 Å². The van der Waals surface area contributed by atoms with Crippen molar-refractivity contribution in [1.29, 1.82) is 0 Å². The molecule has 1 heterocycles. The highest BCUT2D eigenvalue weighted by molar-refractivity contribution is 5.85. The van der Waals surface area contributed by atoms with E-state index >= 15 is 0 Å². The Morgan fingerprint density at radius 1 is 1.10 bits per heavy atom. The summed E-state index contributed by atoms with van der Waals surface area (Å²) in [7, 11) is 1.54. The summed E-state index contributed by atoms with van der Waals surface area (Å²) in [6.07, 6.45) is 3.77. The third-order valence-electron chi connectivity index (χ3n) is 1.49. The summed E-state index contributed by atoms with van der Waals surface area (Å²) in [5.41, 5.74) is 0. The molecular weight excluding hydrogens is 154 g/mol. The number of rotatable bonds is 2. The van der Waals surface area contributed by atoms with Gasteiger partial charge < -0.3 is 0 Å². The van der Waals surface area contributed by atoms with Crippen LogP contribution in [0.5, 0.6) is 0 Å². The molecule has 62 valence electrons. The first-order chi connectivity index (χ1) is 4.43. The van der Waals surface area contributed by atoms with Crippen molar-refractivity contribution in [3.8, 4) is 0 Å². The van der Waals surface area contributed by atoms with Crippen molar-refractivity contribution in [3.63, 3.8) is 0 Å². The minimum absolute atomic E-state index is 0. The largest absolute Gasteiger partial charge is 0.221 e. The van der Waals surface area contributed by atoms with Crippen LogP contribution in [0.2, 0.25) is 0 Å². The van der Waals surface area contributed by atoms with Gasteiger partial charge in [0.15, 0.2) is 0 Å². The molecule has 0 atom stereocenters. The fourth-order valence-electron chi connectivity index (χ4n) is 1.04. The van der Waals surface area contributed by atoms with Crippen LogP contribution >= 0.6 is 12.4 Å². The first-order valence-corrected chi connectivity index (χ1v) is 3.39. The third kappa shape index (κ3) is 3.37. The summed E-state index contributed by atoms with van der Waals surface area (Å²) >= 11 is 0. The Labute approximate surface area is 67.6 Å². The van der Waals surface area contributed by atoms with Gasteiger partial charge in [-0.3, -0.25) is 0 Å². The van der Waals surface area contributed by atoms with Gasteiger partial charge in [0.05, 0.1) is 7.11 Å². The first kappa shape index (κ1) is 10.2. The van der Waals surface area contributed by atoms with Crippen molar-refractivity contribution in [2.24, 2.45) is 0 Å². The molecule has 0 unspecified atom stereocenters. The maximum absolute atomic E-state index is 4.82. The molecule has 0 N–H and O–H groups in total. The fourth-order valence-corrected chi connectivity index (χ4v) is 1.04. The lowest BCUT2D eigenvalue weighted by Crippen LogP contribution is -2.29. The zero-order chi connectivity index (χ0) is 6.53. The van der Waals surface area contributed by atoms with Gasteiger partial charge in [0, 0.05) is 13.1 Å². The quantitative estimate of drug-likeness (QED) is 0.458. The Kier molecular flexibility index (Phi) is 6.02. The van der Waals surface area contributed by atoms with E-state index in [1.165, 1.54) is 26.4 Å². The molecule has 1 rings (SSSR count). The molecule has 3 nitrogen and oxygen atoms in total. The van der Waals surface area contributed by atoms with Crippen molar-refractivity contribution in [1.82, 2.24) is 5.06 Å². The zero-order valence-corrected chi connectivity index (χ0v) is 7.02. The van der Waals surface area contributed by atoms with Crippen LogP contribution in [-0.4, -0.2) is 25.3 Å². The average molecular weight is 168 g/mol. The number of hydroxylamine groups is 2. The molecule has 0 aliphatic carbocycles. The molecule has 4 heteroatoms. The van der Waals surface area contributed by atoms with E-state index in [0.29, 0.717) is 0 Å². The Hall–Kier alpha value is 0.170. The van der Waals surface area contributed by atoms with Gasteiger partial charge in [0.2, 0.25) is 0 Å². The highest BCUT2D eigenvalue weighted by Crippen LogP contribution is 2.07. The van der Waals surface area contributed by atoms with E-state index in [1.54, 1.807) is 0 Å². The molecule has 0 amide bonds. The van der Waals surface area contributed by atoms with Crippen LogP contribution in [0, 0.1) is 0 Å². The number of nitrogens with zero attached hydrogens (tertiary/aromatic N) is 1. The lowest BCUT2D eigenvalue weighted by molar-refractivity contribution is -0.415. The molecule has 0 aromatic carbocycles. The number of hydrogen-bond donors (Lipinski definition) is 0. The van der Waals surface area contributed by atoms with Crippen LogP contribution in [0.1, 0.15) is 19.3 Å². The highest BCUT2D eigenvalue weighted by atomic mass is 35.5. The van der Waals surface area contributed by atoms with E-state index in [2.05, 4.69) is 4.89 Å². The van der Waals surface area contributed by atoms with Gasteiger partial charge in [0.1, 0.15) is 0 Å². The molecule has 0 spiro atoms. The average Bonchev–Trinajstić information content (AvgIpc) is 1.91. The van der Waals surface area contributed by atoms with Gasteiger partial charge in [-0.25, -0.2) is 4.89 Å². The molecule has 1 saturated heterocycles. The minimum atomic E-state index is 0. The molecule has 0 aromatic heterocycles. The molecule has 1 aliphatic rings. The summed E-state index contributed by atoms with van der Waals surface area (Å²) < 4.78 is 0. The second kappa shape index (κ2) is 5.92. The standard InChI is InChI=1S/C6H13NO2.ClH/c1-8-9-7-5-3-2-4-6-7;/h2-6H2,1H3;1H. The Morgan fingerprint density at radius 2 is 1.70 bits per heavy atom. The molecule has 0 saturated carbocycles. The van der Waals surface area contributed by atoms with E-state index in [4.69, 9.17) is 4.99 Å². The predicted molar refractivity (Wildman–Crippen MR) is 40.8 cm³/mol. The smallest absolute Gasteiger partial charge is 0.0733 e. The summed E-state index contributed by atoms with van der Waals surface area (Å²) in [5, 5.41) is 1.85. The van der Waals surface area contributed by atoms with Gasteiger partial charge >= 0.3 is 0 Å². The maximum atomic E-state index is 4.82. The van der Waals surface area contributed by atoms with Crippen molar-refractivity contribution in [2.45, 2.75) is 19.3 Å². The topological polar surface area (TPSA) is 21.7 Å².